The third kappa shape index (κ3) is 2.91. The molecule has 1 fully saturated rings. The Morgan fingerprint density at radius 2 is 1.97 bits per heavy atom. The maximum absolute atomic E-state index is 10.1. The SMILES string of the molecule is CC1(c2cccs2)C=C(c2cccs2)c2c(N)nc(N3CCCC3)c(C#N)c2N1. The Kier molecular flexibility index (Phi) is 4.34. The number of nitrogens with zero attached hydrogens (tertiary/aromatic N) is 3. The fourth-order valence-electron chi connectivity index (χ4n) is 4.24. The first-order valence-electron chi connectivity index (χ1n) is 9.68. The molecule has 2 aliphatic heterocycles. The van der Waals surface area contributed by atoms with E-state index < -0.39 is 5.54 Å². The van der Waals surface area contributed by atoms with Crippen molar-refractivity contribution in [1.82, 2.24) is 4.98 Å². The summed E-state index contributed by atoms with van der Waals surface area (Å²) in [7, 11) is 0. The van der Waals surface area contributed by atoms with E-state index in [2.05, 4.69) is 58.2 Å². The monoisotopic (exact) mass is 419 g/mol. The number of rotatable bonds is 3. The predicted octanol–water partition coefficient (Wildman–Crippen LogP) is 5.03. The lowest BCUT2D eigenvalue weighted by atomic mass is 9.86. The normalized spacial score (nSPS) is 20.7. The van der Waals surface area contributed by atoms with Gasteiger partial charge < -0.3 is 16.0 Å². The molecule has 0 spiro atoms. The van der Waals surface area contributed by atoms with E-state index in [1.165, 1.54) is 4.88 Å². The van der Waals surface area contributed by atoms with Crippen LogP contribution in [0, 0.1) is 11.3 Å². The molecular weight excluding hydrogens is 398 g/mol. The summed E-state index contributed by atoms with van der Waals surface area (Å²) >= 11 is 3.38. The van der Waals surface area contributed by atoms with Crippen molar-refractivity contribution in [3.8, 4) is 6.07 Å². The third-order valence-electron chi connectivity index (χ3n) is 5.63. The van der Waals surface area contributed by atoms with Crippen LogP contribution in [0.1, 0.15) is 40.6 Å². The van der Waals surface area contributed by atoms with Gasteiger partial charge in [-0.05, 0) is 48.7 Å². The fraction of sp³-hybridized carbons (Fsp3) is 0.273. The average Bonchev–Trinajstić information content (AvgIpc) is 3.51. The number of hydrogen-bond donors (Lipinski definition) is 2. The van der Waals surface area contributed by atoms with Gasteiger partial charge in [0.15, 0.2) is 5.82 Å². The summed E-state index contributed by atoms with van der Waals surface area (Å²) < 4.78 is 0. The van der Waals surface area contributed by atoms with Crippen molar-refractivity contribution in [3.05, 3.63) is 62.0 Å². The maximum Gasteiger partial charge on any atom is 0.151 e. The van der Waals surface area contributed by atoms with E-state index in [4.69, 9.17) is 10.7 Å². The minimum absolute atomic E-state index is 0.428. The highest BCUT2D eigenvalue weighted by Crippen LogP contribution is 2.48. The Bertz CT molecular complexity index is 1120. The molecule has 5 rings (SSSR count). The van der Waals surface area contributed by atoms with Gasteiger partial charge in [0.25, 0.3) is 0 Å². The summed E-state index contributed by atoms with van der Waals surface area (Å²) in [5, 5.41) is 17.9. The van der Waals surface area contributed by atoms with Crippen LogP contribution in [-0.2, 0) is 5.54 Å². The lowest BCUT2D eigenvalue weighted by molar-refractivity contribution is 0.701. The van der Waals surface area contributed by atoms with Crippen molar-refractivity contribution >= 4 is 45.6 Å². The van der Waals surface area contributed by atoms with Gasteiger partial charge in [0, 0.05) is 34.0 Å². The van der Waals surface area contributed by atoms with E-state index in [1.54, 1.807) is 22.7 Å². The molecule has 5 nitrogen and oxygen atoms in total. The van der Waals surface area contributed by atoms with Gasteiger partial charge in [0.2, 0.25) is 0 Å². The van der Waals surface area contributed by atoms with Gasteiger partial charge in [-0.25, -0.2) is 4.98 Å². The predicted molar refractivity (Wildman–Crippen MR) is 122 cm³/mol. The minimum atomic E-state index is -0.428. The zero-order valence-electron chi connectivity index (χ0n) is 16.1. The van der Waals surface area contributed by atoms with Gasteiger partial charge in [0.1, 0.15) is 17.5 Å². The molecule has 1 unspecified atom stereocenters. The van der Waals surface area contributed by atoms with Crippen LogP contribution in [0.5, 0.6) is 0 Å². The molecule has 0 radical (unpaired) electrons. The quantitative estimate of drug-likeness (QED) is 0.622. The van der Waals surface area contributed by atoms with Crippen LogP contribution in [0.3, 0.4) is 0 Å². The number of pyridine rings is 1. The van der Waals surface area contributed by atoms with Crippen LogP contribution in [-0.4, -0.2) is 18.1 Å². The molecule has 2 aliphatic rings. The van der Waals surface area contributed by atoms with E-state index in [9.17, 15) is 5.26 Å². The summed E-state index contributed by atoms with van der Waals surface area (Å²) in [6.07, 6.45) is 4.45. The molecule has 5 heterocycles. The fourth-order valence-corrected chi connectivity index (χ4v) is 5.81. The molecule has 3 aromatic rings. The second-order valence-electron chi connectivity index (χ2n) is 7.59. The summed E-state index contributed by atoms with van der Waals surface area (Å²) in [6, 6.07) is 10.8. The molecule has 7 heteroatoms. The van der Waals surface area contributed by atoms with E-state index in [-0.39, 0.29) is 0 Å². The first-order valence-corrected chi connectivity index (χ1v) is 11.4. The third-order valence-corrected chi connectivity index (χ3v) is 7.64. The molecule has 0 aliphatic carbocycles. The number of fused-ring (bicyclic) bond motifs is 1. The smallest absolute Gasteiger partial charge is 0.151 e. The summed E-state index contributed by atoms with van der Waals surface area (Å²) in [5.74, 6) is 1.18. The lowest BCUT2D eigenvalue weighted by Crippen LogP contribution is -2.34. The number of anilines is 3. The van der Waals surface area contributed by atoms with Gasteiger partial charge >= 0.3 is 0 Å². The molecule has 146 valence electrons. The molecule has 3 aromatic heterocycles. The second-order valence-corrected chi connectivity index (χ2v) is 9.49. The molecule has 1 saturated heterocycles. The first kappa shape index (κ1) is 18.2. The molecule has 0 amide bonds. The summed E-state index contributed by atoms with van der Waals surface area (Å²) in [4.78, 5) is 9.22. The Balaban J connectivity index is 1.78. The van der Waals surface area contributed by atoms with Crippen molar-refractivity contribution in [1.29, 1.82) is 5.26 Å². The van der Waals surface area contributed by atoms with Crippen molar-refractivity contribution in [2.75, 3.05) is 29.0 Å². The molecule has 3 N–H and O–H groups in total. The second kappa shape index (κ2) is 6.90. The zero-order chi connectivity index (χ0) is 20.0. The summed E-state index contributed by atoms with van der Waals surface area (Å²) in [5.41, 5.74) is 9.34. The Labute approximate surface area is 178 Å². The van der Waals surface area contributed by atoms with E-state index in [0.717, 1.165) is 47.6 Å². The van der Waals surface area contributed by atoms with Crippen LogP contribution in [0.2, 0.25) is 0 Å². The highest BCUT2D eigenvalue weighted by Gasteiger charge is 2.36. The number of hydrogen-bond acceptors (Lipinski definition) is 7. The number of aromatic nitrogens is 1. The van der Waals surface area contributed by atoms with Gasteiger partial charge in [-0.15, -0.1) is 22.7 Å². The highest BCUT2D eigenvalue weighted by atomic mass is 32.1. The van der Waals surface area contributed by atoms with Gasteiger partial charge in [0.05, 0.1) is 11.2 Å². The first-order chi connectivity index (χ1) is 14.1. The Morgan fingerprint density at radius 1 is 1.21 bits per heavy atom. The Hall–Kier alpha value is -2.82. The molecule has 0 aromatic carbocycles. The van der Waals surface area contributed by atoms with Gasteiger partial charge in [-0.2, -0.15) is 5.26 Å². The van der Waals surface area contributed by atoms with Crippen LogP contribution >= 0.6 is 22.7 Å². The van der Waals surface area contributed by atoms with Crippen molar-refractivity contribution in [2.45, 2.75) is 25.3 Å². The minimum Gasteiger partial charge on any atom is -0.383 e. The van der Waals surface area contributed by atoms with Gasteiger partial charge in [-0.3, -0.25) is 0 Å². The summed E-state index contributed by atoms with van der Waals surface area (Å²) in [6.45, 7) is 3.98. The van der Waals surface area contributed by atoms with E-state index >= 15 is 0 Å². The molecular formula is C22H21N5S2. The van der Waals surface area contributed by atoms with E-state index in [0.29, 0.717) is 17.2 Å². The topological polar surface area (TPSA) is 78.0 Å². The van der Waals surface area contributed by atoms with E-state index in [1.807, 2.05) is 6.07 Å². The average molecular weight is 420 g/mol. The number of nitrogens with one attached hydrogen (secondary N) is 1. The lowest BCUT2D eigenvalue weighted by Gasteiger charge is -2.36. The molecule has 29 heavy (non-hydrogen) atoms. The van der Waals surface area contributed by atoms with Crippen LogP contribution in [0.25, 0.3) is 5.57 Å². The number of thiophene rings is 2. The molecule has 0 bridgehead atoms. The van der Waals surface area contributed by atoms with Crippen LogP contribution in [0.4, 0.5) is 17.3 Å². The number of nitrogen functional groups attached to an aromatic ring is 1. The Morgan fingerprint density at radius 3 is 2.62 bits per heavy atom. The van der Waals surface area contributed by atoms with Gasteiger partial charge in [-0.1, -0.05) is 12.1 Å². The van der Waals surface area contributed by atoms with Crippen molar-refractivity contribution in [2.24, 2.45) is 0 Å². The highest BCUT2D eigenvalue weighted by molar-refractivity contribution is 7.11. The van der Waals surface area contributed by atoms with Crippen molar-refractivity contribution in [3.63, 3.8) is 0 Å². The molecule has 1 atom stereocenters. The molecule has 0 saturated carbocycles. The zero-order valence-corrected chi connectivity index (χ0v) is 17.7. The van der Waals surface area contributed by atoms with Crippen LogP contribution in [0.15, 0.2) is 41.1 Å². The van der Waals surface area contributed by atoms with Crippen molar-refractivity contribution < 1.29 is 0 Å². The van der Waals surface area contributed by atoms with Crippen LogP contribution < -0.4 is 16.0 Å². The number of nitriles is 1. The maximum atomic E-state index is 10.1. The number of nitrogens with two attached hydrogens (primary N) is 1. The largest absolute Gasteiger partial charge is 0.383 e. The standard InChI is InChI=1S/C22H21N5S2/c1-22(17-7-5-11-29-17)12-14(16-6-4-10-28-16)18-19(26-22)15(13-23)21(25-20(18)24)27-8-2-3-9-27/h4-7,10-12,26H,2-3,8-9H2,1H3,(H2,24,25).